The largest absolute Gasteiger partial charge is 0.356 e. The van der Waals surface area contributed by atoms with E-state index in [1.54, 1.807) is 12.1 Å². The summed E-state index contributed by atoms with van der Waals surface area (Å²) in [5, 5.41) is 11.8. The van der Waals surface area contributed by atoms with Crippen molar-refractivity contribution in [1.29, 1.82) is 5.26 Å². The highest BCUT2D eigenvalue weighted by Gasteiger charge is 2.16. The highest BCUT2D eigenvalue weighted by molar-refractivity contribution is 5.76. The molecule has 0 bridgehead atoms. The second-order valence-electron chi connectivity index (χ2n) is 6.75. The molecule has 1 N–H and O–H groups in total. The number of benzene rings is 1. The zero-order valence-corrected chi connectivity index (χ0v) is 14.8. The topological polar surface area (TPSA) is 56.1 Å². The number of unbranched alkanes of at least 4 members (excludes halogenated alkanes) is 1. The maximum atomic E-state index is 11.9. The second kappa shape index (κ2) is 10.1. The normalized spacial score (nSPS) is 18.1. The van der Waals surface area contributed by atoms with Gasteiger partial charge in [-0.05, 0) is 69.8 Å². The lowest BCUT2D eigenvalue weighted by Gasteiger charge is -2.33. The van der Waals surface area contributed by atoms with Crippen LogP contribution in [0.2, 0.25) is 0 Å². The van der Waals surface area contributed by atoms with Gasteiger partial charge in [0, 0.05) is 19.0 Å². The van der Waals surface area contributed by atoms with E-state index in [1.807, 2.05) is 12.1 Å². The van der Waals surface area contributed by atoms with Crippen LogP contribution in [0.25, 0.3) is 0 Å². The van der Waals surface area contributed by atoms with E-state index >= 15 is 0 Å². The molecule has 0 saturated carbocycles. The molecule has 130 valence electrons. The molecule has 4 nitrogen and oxygen atoms in total. The Hall–Kier alpha value is -1.86. The zero-order chi connectivity index (χ0) is 17.2. The Kier molecular flexibility index (Phi) is 7.77. The van der Waals surface area contributed by atoms with Gasteiger partial charge >= 0.3 is 0 Å². The number of hydrogen-bond acceptors (Lipinski definition) is 3. The van der Waals surface area contributed by atoms with Gasteiger partial charge in [-0.2, -0.15) is 5.26 Å². The van der Waals surface area contributed by atoms with Gasteiger partial charge in [-0.3, -0.25) is 4.79 Å². The first-order valence-corrected chi connectivity index (χ1v) is 9.19. The van der Waals surface area contributed by atoms with E-state index in [1.165, 1.54) is 25.8 Å². The number of nitrogens with one attached hydrogen (secondary N) is 1. The minimum absolute atomic E-state index is 0.116. The van der Waals surface area contributed by atoms with Gasteiger partial charge in [-0.15, -0.1) is 0 Å². The molecule has 0 unspecified atom stereocenters. The highest BCUT2D eigenvalue weighted by Crippen LogP contribution is 2.16. The van der Waals surface area contributed by atoms with Crippen molar-refractivity contribution in [3.8, 4) is 6.07 Å². The van der Waals surface area contributed by atoms with Crippen molar-refractivity contribution in [2.75, 3.05) is 19.6 Å². The molecular weight excluding hydrogens is 298 g/mol. The number of aryl methyl sites for hydroxylation is 1. The number of piperidine rings is 1. The van der Waals surface area contributed by atoms with E-state index in [0.717, 1.165) is 44.0 Å². The molecule has 1 aliphatic rings. The minimum Gasteiger partial charge on any atom is -0.356 e. The first-order chi connectivity index (χ1) is 11.7. The van der Waals surface area contributed by atoms with Gasteiger partial charge in [0.05, 0.1) is 11.6 Å². The van der Waals surface area contributed by atoms with Crippen molar-refractivity contribution in [2.24, 2.45) is 0 Å². The lowest BCUT2D eigenvalue weighted by Crippen LogP contribution is -2.38. The summed E-state index contributed by atoms with van der Waals surface area (Å²) in [6, 6.07) is 10.3. The smallest absolute Gasteiger partial charge is 0.220 e. The molecule has 1 amide bonds. The number of nitrogens with zero attached hydrogens (tertiary/aromatic N) is 2. The third-order valence-corrected chi connectivity index (χ3v) is 4.86. The van der Waals surface area contributed by atoms with Crippen LogP contribution in [0, 0.1) is 11.3 Å². The molecule has 1 aliphatic heterocycles. The van der Waals surface area contributed by atoms with Crippen LogP contribution in [0.1, 0.15) is 56.6 Å². The molecule has 1 saturated heterocycles. The molecule has 0 radical (unpaired) electrons. The molecule has 1 fully saturated rings. The number of rotatable bonds is 8. The van der Waals surface area contributed by atoms with Crippen molar-refractivity contribution < 1.29 is 4.79 Å². The number of carbonyl (C=O) groups excluding carboxylic acids is 1. The van der Waals surface area contributed by atoms with Crippen LogP contribution >= 0.6 is 0 Å². The Bertz CT molecular complexity index is 547. The lowest BCUT2D eigenvalue weighted by molar-refractivity contribution is -0.121. The Balaban J connectivity index is 1.54. The fourth-order valence-electron chi connectivity index (χ4n) is 3.25. The van der Waals surface area contributed by atoms with E-state index in [2.05, 4.69) is 23.2 Å². The average molecular weight is 327 g/mol. The molecule has 1 atom stereocenters. The van der Waals surface area contributed by atoms with Gasteiger partial charge in [-0.25, -0.2) is 0 Å². The standard InChI is InChI=1S/C20H29N3O/c1-17-6-2-4-14-23(17)15-5-3-13-22-20(24)12-11-18-7-9-19(16-21)10-8-18/h7-10,17H,2-6,11-15H2,1H3,(H,22,24)/t17-/m1/s1. The van der Waals surface area contributed by atoms with Crippen LogP contribution in [0.5, 0.6) is 0 Å². The Morgan fingerprint density at radius 3 is 2.79 bits per heavy atom. The summed E-state index contributed by atoms with van der Waals surface area (Å²) in [6.07, 6.45) is 7.46. The Labute approximate surface area is 145 Å². The molecule has 0 aliphatic carbocycles. The first kappa shape index (κ1) is 18.5. The third-order valence-electron chi connectivity index (χ3n) is 4.86. The molecule has 1 heterocycles. The van der Waals surface area contributed by atoms with Gasteiger partial charge in [0.25, 0.3) is 0 Å². The summed E-state index contributed by atoms with van der Waals surface area (Å²) in [7, 11) is 0. The predicted molar refractivity (Wildman–Crippen MR) is 96.6 cm³/mol. The van der Waals surface area contributed by atoms with Crippen molar-refractivity contribution in [1.82, 2.24) is 10.2 Å². The average Bonchev–Trinajstić information content (AvgIpc) is 2.61. The number of carbonyl (C=O) groups is 1. The van der Waals surface area contributed by atoms with Gasteiger partial charge in [0.2, 0.25) is 5.91 Å². The van der Waals surface area contributed by atoms with Crippen molar-refractivity contribution >= 4 is 5.91 Å². The lowest BCUT2D eigenvalue weighted by atomic mass is 10.0. The van der Waals surface area contributed by atoms with Gasteiger partial charge in [0.1, 0.15) is 0 Å². The van der Waals surface area contributed by atoms with Crippen LogP contribution in [-0.4, -0.2) is 36.5 Å². The summed E-state index contributed by atoms with van der Waals surface area (Å²) >= 11 is 0. The number of hydrogen-bond donors (Lipinski definition) is 1. The third kappa shape index (κ3) is 6.33. The van der Waals surface area contributed by atoms with Crippen LogP contribution < -0.4 is 5.32 Å². The van der Waals surface area contributed by atoms with Crippen LogP contribution in [0.3, 0.4) is 0 Å². The van der Waals surface area contributed by atoms with Crippen LogP contribution in [-0.2, 0) is 11.2 Å². The number of amides is 1. The second-order valence-corrected chi connectivity index (χ2v) is 6.75. The van der Waals surface area contributed by atoms with Crippen LogP contribution in [0.4, 0.5) is 0 Å². The van der Waals surface area contributed by atoms with E-state index in [-0.39, 0.29) is 5.91 Å². The van der Waals surface area contributed by atoms with Gasteiger partial charge in [-0.1, -0.05) is 18.6 Å². The highest BCUT2D eigenvalue weighted by atomic mass is 16.1. The molecule has 0 aromatic heterocycles. The molecule has 1 aromatic rings. The van der Waals surface area contributed by atoms with E-state index in [9.17, 15) is 4.79 Å². The molecule has 0 spiro atoms. The van der Waals surface area contributed by atoms with Gasteiger partial charge in [0.15, 0.2) is 0 Å². The maximum absolute atomic E-state index is 11.9. The molecular formula is C20H29N3O. The molecule has 4 heteroatoms. The number of nitriles is 1. The minimum atomic E-state index is 0.116. The quantitative estimate of drug-likeness (QED) is 0.746. The van der Waals surface area contributed by atoms with Gasteiger partial charge < -0.3 is 10.2 Å². The van der Waals surface area contributed by atoms with Crippen molar-refractivity contribution in [2.45, 2.75) is 57.9 Å². The fraction of sp³-hybridized carbons (Fsp3) is 0.600. The first-order valence-electron chi connectivity index (χ1n) is 9.19. The summed E-state index contributed by atoms with van der Waals surface area (Å²) in [5.41, 5.74) is 1.76. The van der Waals surface area contributed by atoms with Crippen molar-refractivity contribution in [3.63, 3.8) is 0 Å². The maximum Gasteiger partial charge on any atom is 0.220 e. The molecule has 24 heavy (non-hydrogen) atoms. The van der Waals surface area contributed by atoms with E-state index < -0.39 is 0 Å². The summed E-state index contributed by atoms with van der Waals surface area (Å²) in [6.45, 7) is 5.49. The van der Waals surface area contributed by atoms with Crippen LogP contribution in [0.15, 0.2) is 24.3 Å². The Morgan fingerprint density at radius 1 is 1.29 bits per heavy atom. The summed E-state index contributed by atoms with van der Waals surface area (Å²) in [5.74, 6) is 0.116. The predicted octanol–water partition coefficient (Wildman–Crippen LogP) is 3.26. The monoisotopic (exact) mass is 327 g/mol. The molecule has 2 rings (SSSR count). The van der Waals surface area contributed by atoms with E-state index in [4.69, 9.17) is 5.26 Å². The Morgan fingerprint density at radius 2 is 2.08 bits per heavy atom. The zero-order valence-electron chi connectivity index (χ0n) is 14.8. The summed E-state index contributed by atoms with van der Waals surface area (Å²) < 4.78 is 0. The number of likely N-dealkylation sites (tertiary alicyclic amines) is 1. The fourth-order valence-corrected chi connectivity index (χ4v) is 3.25. The molecule has 1 aromatic carbocycles. The SMILES string of the molecule is C[C@@H]1CCCCN1CCCCNC(=O)CCc1ccc(C#N)cc1. The van der Waals surface area contributed by atoms with Crippen molar-refractivity contribution in [3.05, 3.63) is 35.4 Å². The summed E-state index contributed by atoms with van der Waals surface area (Å²) in [4.78, 5) is 14.5. The van der Waals surface area contributed by atoms with E-state index in [0.29, 0.717) is 12.0 Å².